The number of nitrogens with zero attached hydrogens (tertiary/aromatic N) is 5. The highest BCUT2D eigenvalue weighted by atomic mass is 15.2. The lowest BCUT2D eigenvalue weighted by Gasteiger charge is -2.19. The number of anilines is 1. The maximum Gasteiger partial charge on any atom is 0.182 e. The third kappa shape index (κ3) is 2.68. The average Bonchev–Trinajstić information content (AvgIpc) is 3.37. The first-order valence-corrected chi connectivity index (χ1v) is 9.28. The zero-order valence-corrected chi connectivity index (χ0v) is 15.4. The van der Waals surface area contributed by atoms with Crippen LogP contribution < -0.4 is 5.32 Å². The number of fused-ring (bicyclic) bond motifs is 2. The van der Waals surface area contributed by atoms with Crippen LogP contribution in [0, 0.1) is 0 Å². The van der Waals surface area contributed by atoms with E-state index >= 15 is 0 Å². The molecule has 0 spiro atoms. The van der Waals surface area contributed by atoms with Gasteiger partial charge in [-0.05, 0) is 30.7 Å². The van der Waals surface area contributed by atoms with Crippen molar-refractivity contribution < 1.29 is 0 Å². The summed E-state index contributed by atoms with van der Waals surface area (Å²) in [7, 11) is 0. The fourth-order valence-electron chi connectivity index (χ4n) is 3.52. The Bertz CT molecular complexity index is 1240. The molecule has 1 atom stereocenters. The Labute approximate surface area is 161 Å². The Morgan fingerprint density at radius 1 is 1.00 bits per heavy atom. The molecule has 3 aromatic heterocycles. The molecule has 2 aromatic carbocycles. The normalized spacial score (nSPS) is 12.5. The van der Waals surface area contributed by atoms with Crippen LogP contribution in [0.5, 0.6) is 0 Å². The summed E-state index contributed by atoms with van der Waals surface area (Å²) in [5.41, 5.74) is 4.57. The highest BCUT2D eigenvalue weighted by Crippen LogP contribution is 2.29. The van der Waals surface area contributed by atoms with E-state index in [1.165, 1.54) is 6.33 Å². The molecule has 28 heavy (non-hydrogen) atoms. The van der Waals surface area contributed by atoms with Crippen molar-refractivity contribution in [2.24, 2.45) is 0 Å². The minimum atomic E-state index is -0.0333. The number of hydrogen-bond acceptors (Lipinski definition) is 5. The van der Waals surface area contributed by atoms with E-state index in [1.54, 1.807) is 6.33 Å². The van der Waals surface area contributed by atoms with Crippen molar-refractivity contribution in [3.05, 3.63) is 73.1 Å². The SMILES string of the molecule is CCC(Nc1ncnc2nc[nH]c12)c1nc2ccccc2n1-c1ccccc1. The Morgan fingerprint density at radius 2 is 1.82 bits per heavy atom. The van der Waals surface area contributed by atoms with Crippen LogP contribution in [0.25, 0.3) is 27.9 Å². The maximum atomic E-state index is 4.96. The van der Waals surface area contributed by atoms with Gasteiger partial charge in [0.2, 0.25) is 0 Å². The molecule has 5 rings (SSSR count). The largest absolute Gasteiger partial charge is 0.358 e. The lowest BCUT2D eigenvalue weighted by molar-refractivity contribution is 0.681. The molecule has 0 aliphatic rings. The first kappa shape index (κ1) is 16.4. The molecular formula is C21H19N7. The highest BCUT2D eigenvalue weighted by molar-refractivity contribution is 5.82. The lowest BCUT2D eigenvalue weighted by Crippen LogP contribution is -2.16. The van der Waals surface area contributed by atoms with Crippen molar-refractivity contribution in [3.8, 4) is 5.69 Å². The molecular weight excluding hydrogens is 350 g/mol. The molecule has 2 N–H and O–H groups in total. The minimum absolute atomic E-state index is 0.0333. The maximum absolute atomic E-state index is 4.96. The van der Waals surface area contributed by atoms with Crippen molar-refractivity contribution in [1.29, 1.82) is 0 Å². The first-order valence-electron chi connectivity index (χ1n) is 9.28. The van der Waals surface area contributed by atoms with E-state index in [4.69, 9.17) is 4.98 Å². The molecule has 7 heteroatoms. The molecule has 0 saturated carbocycles. The van der Waals surface area contributed by atoms with E-state index in [9.17, 15) is 0 Å². The number of rotatable bonds is 5. The smallest absolute Gasteiger partial charge is 0.182 e. The van der Waals surface area contributed by atoms with Gasteiger partial charge in [-0.2, -0.15) is 0 Å². The number of para-hydroxylation sites is 3. The zero-order chi connectivity index (χ0) is 18.9. The number of imidazole rings is 2. The van der Waals surface area contributed by atoms with Crippen LogP contribution >= 0.6 is 0 Å². The third-order valence-electron chi connectivity index (χ3n) is 4.85. The molecule has 7 nitrogen and oxygen atoms in total. The van der Waals surface area contributed by atoms with Crippen LogP contribution in [0.15, 0.2) is 67.3 Å². The van der Waals surface area contributed by atoms with Gasteiger partial charge < -0.3 is 10.3 Å². The van der Waals surface area contributed by atoms with Crippen LogP contribution in [0.2, 0.25) is 0 Å². The quantitative estimate of drug-likeness (QED) is 0.484. The molecule has 3 heterocycles. The summed E-state index contributed by atoms with van der Waals surface area (Å²) in [5, 5.41) is 3.54. The number of benzene rings is 2. The topological polar surface area (TPSA) is 84.3 Å². The van der Waals surface area contributed by atoms with Gasteiger partial charge in [0.05, 0.1) is 23.4 Å². The number of aromatic nitrogens is 6. The van der Waals surface area contributed by atoms with Gasteiger partial charge >= 0.3 is 0 Å². The van der Waals surface area contributed by atoms with Crippen LogP contribution in [0.1, 0.15) is 25.2 Å². The molecule has 0 amide bonds. The van der Waals surface area contributed by atoms with Crippen LogP contribution in [0.4, 0.5) is 5.82 Å². The van der Waals surface area contributed by atoms with E-state index in [1.807, 2.05) is 36.4 Å². The standard InChI is InChI=1S/C21H19N7/c1-2-15(26-20-18-19(23-12-22-18)24-13-25-20)21-27-16-10-6-7-11-17(16)28(21)14-8-4-3-5-9-14/h3-13,15H,2H2,1H3,(H2,22,23,24,25,26). The van der Waals surface area contributed by atoms with E-state index < -0.39 is 0 Å². The van der Waals surface area contributed by atoms with Gasteiger partial charge in [-0.3, -0.25) is 4.57 Å². The minimum Gasteiger partial charge on any atom is -0.358 e. The molecule has 5 aromatic rings. The second kappa shape index (κ2) is 6.77. The van der Waals surface area contributed by atoms with Crippen molar-refractivity contribution in [2.45, 2.75) is 19.4 Å². The first-order chi connectivity index (χ1) is 13.8. The van der Waals surface area contributed by atoms with E-state index in [0.717, 1.165) is 40.3 Å². The zero-order valence-electron chi connectivity index (χ0n) is 15.4. The third-order valence-corrected chi connectivity index (χ3v) is 4.85. The number of hydrogen-bond donors (Lipinski definition) is 2. The van der Waals surface area contributed by atoms with Gasteiger partial charge in [0.1, 0.15) is 17.7 Å². The van der Waals surface area contributed by atoms with Crippen LogP contribution in [0.3, 0.4) is 0 Å². The predicted molar refractivity (Wildman–Crippen MR) is 109 cm³/mol. The second-order valence-electron chi connectivity index (χ2n) is 6.56. The highest BCUT2D eigenvalue weighted by Gasteiger charge is 2.21. The molecule has 138 valence electrons. The summed E-state index contributed by atoms with van der Waals surface area (Å²) in [6.07, 6.45) is 4.00. The summed E-state index contributed by atoms with van der Waals surface area (Å²) >= 11 is 0. The molecule has 0 aliphatic carbocycles. The van der Waals surface area contributed by atoms with Gasteiger partial charge in [-0.15, -0.1) is 0 Å². The summed E-state index contributed by atoms with van der Waals surface area (Å²) in [6, 6.07) is 18.5. The second-order valence-corrected chi connectivity index (χ2v) is 6.56. The van der Waals surface area contributed by atoms with Gasteiger partial charge in [-0.1, -0.05) is 37.3 Å². The van der Waals surface area contributed by atoms with Crippen LogP contribution in [-0.2, 0) is 0 Å². The Balaban J connectivity index is 1.66. The van der Waals surface area contributed by atoms with Gasteiger partial charge in [0.15, 0.2) is 11.5 Å². The fraction of sp³-hybridized carbons (Fsp3) is 0.143. The van der Waals surface area contributed by atoms with Gasteiger partial charge in [0, 0.05) is 5.69 Å². The Kier molecular flexibility index (Phi) is 3.97. The molecule has 0 fully saturated rings. The van der Waals surface area contributed by atoms with Crippen LogP contribution in [-0.4, -0.2) is 29.5 Å². The lowest BCUT2D eigenvalue weighted by atomic mass is 10.2. The van der Waals surface area contributed by atoms with E-state index in [0.29, 0.717) is 5.65 Å². The molecule has 0 radical (unpaired) electrons. The van der Waals surface area contributed by atoms with Crippen molar-refractivity contribution >= 4 is 28.0 Å². The summed E-state index contributed by atoms with van der Waals surface area (Å²) in [6.45, 7) is 2.14. The Morgan fingerprint density at radius 3 is 2.68 bits per heavy atom. The van der Waals surface area contributed by atoms with E-state index in [2.05, 4.69) is 54.9 Å². The Hall–Kier alpha value is -3.74. The fourth-order valence-corrected chi connectivity index (χ4v) is 3.52. The monoisotopic (exact) mass is 369 g/mol. The summed E-state index contributed by atoms with van der Waals surface area (Å²) in [5.74, 6) is 1.67. The molecule has 1 unspecified atom stereocenters. The molecule has 0 saturated heterocycles. The number of nitrogens with one attached hydrogen (secondary N) is 2. The molecule has 0 bridgehead atoms. The summed E-state index contributed by atoms with van der Waals surface area (Å²) < 4.78 is 2.21. The number of H-pyrrole nitrogens is 1. The van der Waals surface area contributed by atoms with Crippen molar-refractivity contribution in [3.63, 3.8) is 0 Å². The predicted octanol–water partition coefficient (Wildman–Crippen LogP) is 4.26. The van der Waals surface area contributed by atoms with Crippen molar-refractivity contribution in [1.82, 2.24) is 29.5 Å². The average molecular weight is 369 g/mol. The summed E-state index contributed by atoms with van der Waals surface area (Å²) in [4.78, 5) is 20.9. The number of aromatic amines is 1. The molecule has 0 aliphatic heterocycles. The van der Waals surface area contributed by atoms with E-state index in [-0.39, 0.29) is 6.04 Å². The van der Waals surface area contributed by atoms with Crippen molar-refractivity contribution in [2.75, 3.05) is 5.32 Å². The van der Waals surface area contributed by atoms with Gasteiger partial charge in [0.25, 0.3) is 0 Å². The van der Waals surface area contributed by atoms with Gasteiger partial charge in [-0.25, -0.2) is 19.9 Å².